The number of nitrogens with zero attached hydrogens (tertiary/aromatic N) is 1. The zero-order chi connectivity index (χ0) is 8.86. The smallest absolute Gasteiger partial charge is 0.220 e. The van der Waals surface area contributed by atoms with Crippen LogP contribution in [-0.2, 0) is 0 Å². The molecule has 0 saturated carbocycles. The maximum absolute atomic E-state index is 11.6. The maximum atomic E-state index is 11.6. The Hall–Kier alpha value is -0.440. The molecular formula is C8H17N2O+. The molecule has 0 aliphatic carbocycles. The minimum absolute atomic E-state index is 0.00463. The molecule has 0 aromatic carbocycles. The van der Waals surface area contributed by atoms with Crippen molar-refractivity contribution in [3.05, 3.63) is 4.91 Å². The highest BCUT2D eigenvalue weighted by Crippen LogP contribution is 2.34. The van der Waals surface area contributed by atoms with Crippen molar-refractivity contribution in [1.82, 2.24) is 0 Å². The highest BCUT2D eigenvalue weighted by Gasteiger charge is 2.59. The second-order valence-electron chi connectivity index (χ2n) is 4.57. The van der Waals surface area contributed by atoms with Crippen LogP contribution in [0.15, 0.2) is 0 Å². The summed E-state index contributed by atoms with van der Waals surface area (Å²) in [5.41, 5.74) is 5.15. The second kappa shape index (κ2) is 2.03. The van der Waals surface area contributed by atoms with Gasteiger partial charge in [0.1, 0.15) is 0 Å². The molecule has 1 aliphatic heterocycles. The van der Waals surface area contributed by atoms with Crippen molar-refractivity contribution in [2.75, 3.05) is 0 Å². The molecule has 1 atom stereocenters. The van der Waals surface area contributed by atoms with Crippen LogP contribution in [0.2, 0.25) is 0 Å². The van der Waals surface area contributed by atoms with Crippen LogP contribution >= 0.6 is 0 Å². The molecule has 0 radical (unpaired) electrons. The van der Waals surface area contributed by atoms with Crippen molar-refractivity contribution in [3.8, 4) is 0 Å². The van der Waals surface area contributed by atoms with Gasteiger partial charge in [-0.25, -0.2) is 0 Å². The summed E-state index contributed by atoms with van der Waals surface area (Å²) >= 11 is 0. The average Bonchev–Trinajstić information content (AvgIpc) is 1.94. The molecule has 0 spiro atoms. The Morgan fingerprint density at radius 1 is 1.36 bits per heavy atom. The molecule has 0 amide bonds. The Morgan fingerprint density at radius 3 is 1.91 bits per heavy atom. The van der Waals surface area contributed by atoms with E-state index in [4.69, 9.17) is 5.73 Å². The van der Waals surface area contributed by atoms with Crippen molar-refractivity contribution in [2.24, 2.45) is 5.73 Å². The highest BCUT2D eigenvalue weighted by molar-refractivity contribution is 4.94. The molecule has 0 aromatic heterocycles. The van der Waals surface area contributed by atoms with Crippen LogP contribution in [0.25, 0.3) is 0 Å². The average molecular weight is 157 g/mol. The number of nitrogens with two attached hydrogens (primary N) is 1. The first-order valence-electron chi connectivity index (χ1n) is 4.01. The van der Waals surface area contributed by atoms with Crippen LogP contribution in [0.4, 0.5) is 0 Å². The molecule has 1 aliphatic rings. The van der Waals surface area contributed by atoms with Crippen molar-refractivity contribution < 1.29 is 4.76 Å². The van der Waals surface area contributed by atoms with Crippen LogP contribution in [0, 0.1) is 4.91 Å². The van der Waals surface area contributed by atoms with Gasteiger partial charge in [-0.1, -0.05) is 0 Å². The van der Waals surface area contributed by atoms with Crippen LogP contribution < -0.4 is 5.73 Å². The third-order valence-electron chi connectivity index (χ3n) is 2.70. The first-order valence-corrected chi connectivity index (χ1v) is 4.01. The Labute approximate surface area is 67.5 Å². The molecule has 11 heavy (non-hydrogen) atoms. The molecule has 1 unspecified atom stereocenters. The van der Waals surface area contributed by atoms with E-state index in [2.05, 4.69) is 0 Å². The summed E-state index contributed by atoms with van der Waals surface area (Å²) in [4.78, 5) is 11.6. The summed E-state index contributed by atoms with van der Waals surface area (Å²) in [7, 11) is 0. The van der Waals surface area contributed by atoms with E-state index in [0.29, 0.717) is 0 Å². The lowest BCUT2D eigenvalue weighted by Gasteiger charge is -2.14. The summed E-state index contributed by atoms with van der Waals surface area (Å²) in [6.45, 7) is 7.68. The first kappa shape index (κ1) is 8.65. The lowest BCUT2D eigenvalue weighted by Crippen LogP contribution is -2.45. The summed E-state index contributed by atoms with van der Waals surface area (Å²) in [5, 5.41) is 0. The molecular weight excluding hydrogens is 140 g/mol. The third kappa shape index (κ3) is 1.07. The zero-order valence-corrected chi connectivity index (χ0v) is 7.72. The number of hydrogen-bond donors (Lipinski definition) is 1. The van der Waals surface area contributed by atoms with Gasteiger partial charge in [0, 0.05) is 43.8 Å². The summed E-state index contributed by atoms with van der Waals surface area (Å²) < 4.78 is 1.13. The molecule has 64 valence electrons. The van der Waals surface area contributed by atoms with Gasteiger partial charge in [-0.15, -0.1) is 0 Å². The van der Waals surface area contributed by atoms with E-state index in [1.807, 2.05) is 27.7 Å². The van der Waals surface area contributed by atoms with Gasteiger partial charge in [-0.05, 0) is 0 Å². The Bertz CT molecular complexity index is 196. The van der Waals surface area contributed by atoms with E-state index in [1.54, 1.807) is 0 Å². The van der Waals surface area contributed by atoms with E-state index in [0.717, 1.165) is 11.2 Å². The van der Waals surface area contributed by atoms with E-state index in [9.17, 15) is 4.91 Å². The lowest BCUT2D eigenvalue weighted by atomic mass is 9.95. The minimum Gasteiger partial charge on any atom is -0.322 e. The van der Waals surface area contributed by atoms with E-state index in [1.165, 1.54) is 0 Å². The second-order valence-corrected chi connectivity index (χ2v) is 4.57. The van der Waals surface area contributed by atoms with Gasteiger partial charge < -0.3 is 5.73 Å². The number of rotatable bonds is 0. The van der Waals surface area contributed by atoms with E-state index in [-0.39, 0.29) is 11.6 Å². The summed E-state index contributed by atoms with van der Waals surface area (Å²) in [5.74, 6) is 0. The quantitative estimate of drug-likeness (QED) is 0.534. The molecule has 1 heterocycles. The Kier molecular flexibility index (Phi) is 1.60. The van der Waals surface area contributed by atoms with Crippen molar-refractivity contribution in [1.29, 1.82) is 0 Å². The molecule has 1 saturated heterocycles. The number of nitroso groups, excluding NO2 is 1. The van der Waals surface area contributed by atoms with Crippen LogP contribution in [0.1, 0.15) is 34.1 Å². The van der Waals surface area contributed by atoms with Gasteiger partial charge in [0.15, 0.2) is 0 Å². The molecule has 0 aromatic rings. The van der Waals surface area contributed by atoms with Gasteiger partial charge in [-0.3, -0.25) is 0 Å². The van der Waals surface area contributed by atoms with E-state index >= 15 is 0 Å². The third-order valence-corrected chi connectivity index (χ3v) is 2.70. The predicted molar refractivity (Wildman–Crippen MR) is 44.4 cm³/mol. The highest BCUT2D eigenvalue weighted by atomic mass is 16.3. The lowest BCUT2D eigenvalue weighted by molar-refractivity contribution is -0.658. The fourth-order valence-corrected chi connectivity index (χ4v) is 1.80. The SMILES string of the molecule is CC1(C)CC(N)C(C)(C)[N+]1=O. The number of hydrogen-bond acceptors (Lipinski definition) is 2. The van der Waals surface area contributed by atoms with Crippen LogP contribution in [0.3, 0.4) is 0 Å². The van der Waals surface area contributed by atoms with Gasteiger partial charge in [0.25, 0.3) is 0 Å². The molecule has 1 fully saturated rings. The van der Waals surface area contributed by atoms with E-state index < -0.39 is 5.54 Å². The fraction of sp³-hybridized carbons (Fsp3) is 1.00. The summed E-state index contributed by atoms with van der Waals surface area (Å²) in [6, 6.07) is -0.00463. The molecule has 0 bridgehead atoms. The van der Waals surface area contributed by atoms with Crippen molar-refractivity contribution in [2.45, 2.75) is 51.2 Å². The normalized spacial score (nSPS) is 34.3. The minimum atomic E-state index is -0.399. The first-order chi connectivity index (χ1) is 4.78. The monoisotopic (exact) mass is 157 g/mol. The summed E-state index contributed by atoms with van der Waals surface area (Å²) in [6.07, 6.45) is 0.781. The van der Waals surface area contributed by atoms with Crippen molar-refractivity contribution in [3.63, 3.8) is 0 Å². The van der Waals surface area contributed by atoms with Gasteiger partial charge >= 0.3 is 0 Å². The van der Waals surface area contributed by atoms with Gasteiger partial charge in [-0.2, -0.15) is 0 Å². The topological polar surface area (TPSA) is 46.1 Å². The van der Waals surface area contributed by atoms with Crippen LogP contribution in [-0.4, -0.2) is 21.9 Å². The molecule has 2 N–H and O–H groups in total. The molecule has 3 nitrogen and oxygen atoms in total. The van der Waals surface area contributed by atoms with Crippen LogP contribution in [0.5, 0.6) is 0 Å². The Balaban J connectivity index is 2.99. The van der Waals surface area contributed by atoms with Gasteiger partial charge in [0.2, 0.25) is 11.1 Å². The van der Waals surface area contributed by atoms with Gasteiger partial charge in [0.05, 0.1) is 6.04 Å². The maximum Gasteiger partial charge on any atom is 0.220 e. The predicted octanol–water partition coefficient (Wildman–Crippen LogP) is 1.05. The zero-order valence-electron chi connectivity index (χ0n) is 7.72. The fourth-order valence-electron chi connectivity index (χ4n) is 1.80. The largest absolute Gasteiger partial charge is 0.322 e. The Morgan fingerprint density at radius 2 is 1.82 bits per heavy atom. The van der Waals surface area contributed by atoms with Crippen molar-refractivity contribution >= 4 is 0 Å². The standard InChI is InChI=1S/C8H17N2O/c1-7(2)5-6(9)8(3,4)10(7)11/h6H,5,9H2,1-4H3/q+1. The molecule has 1 rings (SSSR count). The molecule has 3 heteroatoms.